The lowest BCUT2D eigenvalue weighted by atomic mass is 9.99. The zero-order valence-electron chi connectivity index (χ0n) is 20.4. The molecule has 0 atom stereocenters. The number of carbonyl (C=O) groups excluding carboxylic acids is 4. The highest BCUT2D eigenvalue weighted by Gasteiger charge is 2.42. The van der Waals surface area contributed by atoms with Gasteiger partial charge in [-0.15, -0.1) is 0 Å². The van der Waals surface area contributed by atoms with Crippen LogP contribution in [0.2, 0.25) is 0 Å². The Balaban J connectivity index is 1.61. The smallest absolute Gasteiger partial charge is 0.299 e. The normalized spacial score (nSPS) is 12.8. The number of benzene rings is 3. The van der Waals surface area contributed by atoms with Crippen molar-refractivity contribution < 1.29 is 23.9 Å². The van der Waals surface area contributed by atoms with E-state index >= 15 is 0 Å². The number of ether oxygens (including phenoxy) is 1. The minimum Gasteiger partial charge on any atom is -0.497 e. The minimum absolute atomic E-state index is 0.139. The van der Waals surface area contributed by atoms with Crippen molar-refractivity contribution in [1.29, 1.82) is 0 Å². The van der Waals surface area contributed by atoms with Gasteiger partial charge in [-0.3, -0.25) is 24.1 Å². The number of nitrogens with zero attached hydrogens (tertiary/aromatic N) is 2. The van der Waals surface area contributed by atoms with Gasteiger partial charge in [0, 0.05) is 12.2 Å². The van der Waals surface area contributed by atoms with Crippen molar-refractivity contribution in [3.8, 4) is 5.75 Å². The van der Waals surface area contributed by atoms with E-state index in [1.807, 2.05) is 30.3 Å². The summed E-state index contributed by atoms with van der Waals surface area (Å²) >= 11 is 0. The molecule has 1 aliphatic heterocycles. The molecule has 0 saturated carbocycles. The first-order valence-corrected chi connectivity index (χ1v) is 11.5. The fraction of sp³-hybridized carbons (Fsp3) is 0.214. The molecule has 1 N–H and O–H groups in total. The van der Waals surface area contributed by atoms with Crippen molar-refractivity contribution in [3.05, 3.63) is 90.0 Å². The quantitative estimate of drug-likeness (QED) is 0.491. The SMILES string of the molecule is COc1ccc(NC(=O)C(C)(C)N(Cc2ccccc2)C(=O)CN2C(=O)C(=O)c3ccccc32)cc1. The van der Waals surface area contributed by atoms with Crippen LogP contribution in [0.3, 0.4) is 0 Å². The van der Waals surface area contributed by atoms with Crippen molar-refractivity contribution >= 4 is 34.9 Å². The number of hydrogen-bond acceptors (Lipinski definition) is 5. The van der Waals surface area contributed by atoms with Crippen LogP contribution in [0, 0.1) is 0 Å². The first-order valence-electron chi connectivity index (χ1n) is 11.5. The summed E-state index contributed by atoms with van der Waals surface area (Å²) in [5.74, 6) is -1.62. The van der Waals surface area contributed by atoms with Gasteiger partial charge in [-0.05, 0) is 55.8 Å². The van der Waals surface area contributed by atoms with E-state index in [4.69, 9.17) is 4.74 Å². The summed E-state index contributed by atoms with van der Waals surface area (Å²) in [5, 5.41) is 2.86. The highest BCUT2D eigenvalue weighted by atomic mass is 16.5. The van der Waals surface area contributed by atoms with Gasteiger partial charge >= 0.3 is 0 Å². The number of carbonyl (C=O) groups is 4. The van der Waals surface area contributed by atoms with Crippen LogP contribution >= 0.6 is 0 Å². The molecule has 36 heavy (non-hydrogen) atoms. The minimum atomic E-state index is -1.29. The lowest BCUT2D eigenvalue weighted by molar-refractivity contribution is -0.143. The van der Waals surface area contributed by atoms with E-state index < -0.39 is 29.0 Å². The summed E-state index contributed by atoms with van der Waals surface area (Å²) in [7, 11) is 1.56. The molecule has 8 nitrogen and oxygen atoms in total. The van der Waals surface area contributed by atoms with Crippen LogP contribution in [0.1, 0.15) is 29.8 Å². The van der Waals surface area contributed by atoms with Crippen LogP contribution in [-0.4, -0.2) is 47.6 Å². The van der Waals surface area contributed by atoms with Crippen LogP contribution < -0.4 is 15.0 Å². The number of anilines is 2. The number of nitrogens with one attached hydrogen (secondary N) is 1. The zero-order chi connectivity index (χ0) is 25.9. The predicted octanol–water partition coefficient (Wildman–Crippen LogP) is 3.67. The Morgan fingerprint density at radius 2 is 1.56 bits per heavy atom. The topological polar surface area (TPSA) is 96.0 Å². The van der Waals surface area contributed by atoms with Crippen LogP contribution in [-0.2, 0) is 20.9 Å². The number of hydrogen-bond donors (Lipinski definition) is 1. The maximum Gasteiger partial charge on any atom is 0.299 e. The van der Waals surface area contributed by atoms with Crippen molar-refractivity contribution in [1.82, 2.24) is 4.90 Å². The third-order valence-corrected chi connectivity index (χ3v) is 6.24. The molecule has 3 aromatic carbocycles. The lowest BCUT2D eigenvalue weighted by Gasteiger charge is -2.38. The Morgan fingerprint density at radius 3 is 2.22 bits per heavy atom. The predicted molar refractivity (Wildman–Crippen MR) is 136 cm³/mol. The average Bonchev–Trinajstić information content (AvgIpc) is 3.13. The third kappa shape index (κ3) is 4.84. The molecule has 1 heterocycles. The number of fused-ring (bicyclic) bond motifs is 1. The number of para-hydroxylation sites is 1. The molecular weight excluding hydrogens is 458 g/mol. The molecule has 0 radical (unpaired) electrons. The van der Waals surface area contributed by atoms with Crippen molar-refractivity contribution in [2.75, 3.05) is 23.9 Å². The van der Waals surface area contributed by atoms with Crippen molar-refractivity contribution in [2.45, 2.75) is 25.9 Å². The molecular formula is C28H27N3O5. The highest BCUT2D eigenvalue weighted by Crippen LogP contribution is 2.29. The van der Waals surface area contributed by atoms with Gasteiger partial charge in [0.1, 0.15) is 17.8 Å². The van der Waals surface area contributed by atoms with Gasteiger partial charge in [0.25, 0.3) is 11.7 Å². The maximum atomic E-state index is 13.7. The van der Waals surface area contributed by atoms with E-state index in [2.05, 4.69) is 5.32 Å². The molecule has 184 valence electrons. The first kappa shape index (κ1) is 24.7. The molecule has 0 saturated heterocycles. The van der Waals surface area contributed by atoms with E-state index in [-0.39, 0.29) is 18.7 Å². The van der Waals surface area contributed by atoms with Crippen LogP contribution in [0.4, 0.5) is 11.4 Å². The average molecular weight is 486 g/mol. The second kappa shape index (κ2) is 10.0. The van der Waals surface area contributed by atoms with Crippen LogP contribution in [0.5, 0.6) is 5.75 Å². The fourth-order valence-corrected chi connectivity index (χ4v) is 4.07. The lowest BCUT2D eigenvalue weighted by Crippen LogP contribution is -2.57. The number of ketones is 1. The largest absolute Gasteiger partial charge is 0.497 e. The number of amides is 3. The van der Waals surface area contributed by atoms with Gasteiger partial charge in [0.2, 0.25) is 11.8 Å². The Bertz CT molecular complexity index is 1300. The van der Waals surface area contributed by atoms with Crippen LogP contribution in [0.15, 0.2) is 78.9 Å². The monoisotopic (exact) mass is 485 g/mol. The summed E-state index contributed by atoms with van der Waals surface area (Å²) in [5.41, 5.74) is 0.733. The molecule has 3 amide bonds. The summed E-state index contributed by atoms with van der Waals surface area (Å²) in [6.07, 6.45) is 0. The molecule has 0 fully saturated rings. The second-order valence-electron chi connectivity index (χ2n) is 8.94. The van der Waals surface area contributed by atoms with E-state index in [9.17, 15) is 19.2 Å². The van der Waals surface area contributed by atoms with Crippen molar-refractivity contribution in [2.24, 2.45) is 0 Å². The van der Waals surface area contributed by atoms with Crippen molar-refractivity contribution in [3.63, 3.8) is 0 Å². The Hall–Kier alpha value is -4.46. The van der Waals surface area contributed by atoms with Gasteiger partial charge in [-0.1, -0.05) is 42.5 Å². The summed E-state index contributed by atoms with van der Waals surface area (Å²) in [6.45, 7) is 3.07. The second-order valence-corrected chi connectivity index (χ2v) is 8.94. The summed E-state index contributed by atoms with van der Waals surface area (Å²) in [6, 6.07) is 22.7. The van der Waals surface area contributed by atoms with E-state index in [1.165, 1.54) is 9.80 Å². The Kier molecular flexibility index (Phi) is 6.87. The molecule has 0 bridgehead atoms. The van der Waals surface area contributed by atoms with Gasteiger partial charge < -0.3 is 15.0 Å². The third-order valence-electron chi connectivity index (χ3n) is 6.24. The number of rotatable bonds is 8. The van der Waals surface area contributed by atoms with Crippen LogP contribution in [0.25, 0.3) is 0 Å². The molecule has 0 spiro atoms. The standard InChI is InChI=1S/C28H27N3O5/c1-28(2,27(35)29-20-13-15-21(36-3)16-14-20)31(17-19-9-5-4-6-10-19)24(32)18-30-23-12-8-7-11-22(23)25(33)26(30)34/h4-16H,17-18H2,1-3H3,(H,29,35). The van der Waals surface area contributed by atoms with Gasteiger partial charge in [-0.25, -0.2) is 0 Å². The molecule has 1 aliphatic rings. The van der Waals surface area contributed by atoms with Gasteiger partial charge in [0.05, 0.1) is 18.4 Å². The maximum absolute atomic E-state index is 13.7. The summed E-state index contributed by atoms with van der Waals surface area (Å²) < 4.78 is 5.16. The number of Topliss-reactive ketones (excluding diaryl/α,β-unsaturated/α-hetero) is 1. The zero-order valence-corrected chi connectivity index (χ0v) is 20.4. The summed E-state index contributed by atoms with van der Waals surface area (Å²) in [4.78, 5) is 54.8. The fourth-order valence-electron chi connectivity index (χ4n) is 4.07. The first-order chi connectivity index (χ1) is 17.2. The van der Waals surface area contributed by atoms with E-state index in [0.717, 1.165) is 5.56 Å². The molecule has 3 aromatic rings. The van der Waals surface area contributed by atoms with E-state index in [1.54, 1.807) is 69.5 Å². The Morgan fingerprint density at radius 1 is 0.917 bits per heavy atom. The molecule has 8 heteroatoms. The highest BCUT2D eigenvalue weighted by molar-refractivity contribution is 6.52. The number of methoxy groups -OCH3 is 1. The van der Waals surface area contributed by atoms with Gasteiger partial charge in [0.15, 0.2) is 0 Å². The molecule has 4 rings (SSSR count). The molecule has 0 aliphatic carbocycles. The van der Waals surface area contributed by atoms with E-state index in [0.29, 0.717) is 17.1 Å². The Labute approximate surface area is 209 Å². The van der Waals surface area contributed by atoms with Gasteiger partial charge in [-0.2, -0.15) is 0 Å². The molecule has 0 aromatic heterocycles. The molecule has 0 unspecified atom stereocenters.